The van der Waals surface area contributed by atoms with Crippen LogP contribution < -0.4 is 5.73 Å². The van der Waals surface area contributed by atoms with Crippen LogP contribution in [0.4, 0.5) is 0 Å². The average molecular weight is 171 g/mol. The molecule has 7 heavy (non-hydrogen) atoms. The molecule has 0 aliphatic heterocycles. The normalized spacial score (nSPS) is 4.14. The zero-order valence-corrected chi connectivity index (χ0v) is 6.98. The first-order valence-corrected chi connectivity index (χ1v) is 1.30. The third kappa shape index (κ3) is 511. The molecule has 0 saturated carbocycles. The molecule has 3 N–H and O–H groups in total. The number of nitrogens with one attached hydrogen (secondary N) is 1. The Hall–Kier alpha value is 0.509. The van der Waals surface area contributed by atoms with Crippen molar-refractivity contribution in [2.75, 3.05) is 0 Å². The molecule has 0 aromatic rings. The SMILES string of the molecule is [B][CH2-].[CH2-]C(=N)N.[Y]. The summed E-state index contributed by atoms with van der Waals surface area (Å²) in [6, 6.07) is 0. The van der Waals surface area contributed by atoms with Crippen LogP contribution in [-0.2, 0) is 32.7 Å². The van der Waals surface area contributed by atoms with Gasteiger partial charge in [-0.25, -0.2) is 0 Å². The molecule has 0 bridgehead atoms. The van der Waals surface area contributed by atoms with Gasteiger partial charge in [0.1, 0.15) is 0 Å². The van der Waals surface area contributed by atoms with Crippen molar-refractivity contribution in [3.05, 3.63) is 13.7 Å². The summed E-state index contributed by atoms with van der Waals surface area (Å²) in [4.78, 5) is 0. The van der Waals surface area contributed by atoms with Gasteiger partial charge in [-0.3, -0.25) is 0 Å². The predicted molar refractivity (Wildman–Crippen MR) is 28.4 cm³/mol. The van der Waals surface area contributed by atoms with E-state index in [-0.39, 0.29) is 38.5 Å². The van der Waals surface area contributed by atoms with Crippen molar-refractivity contribution in [1.82, 2.24) is 0 Å². The van der Waals surface area contributed by atoms with E-state index in [1.807, 2.05) is 0 Å². The van der Waals surface area contributed by atoms with Gasteiger partial charge in [0.05, 0.1) is 0 Å². The summed E-state index contributed by atoms with van der Waals surface area (Å²) in [6.07, 6.45) is 0. The van der Waals surface area contributed by atoms with Crippen LogP contribution in [0.25, 0.3) is 0 Å². The number of hydrogen-bond donors (Lipinski definition) is 2. The Morgan fingerprint density at radius 2 is 1.57 bits per heavy atom. The Bertz CT molecular complexity index is 35.9. The van der Waals surface area contributed by atoms with Crippen LogP contribution >= 0.6 is 0 Å². The van der Waals surface area contributed by atoms with Crippen LogP contribution in [0, 0.1) is 19.2 Å². The van der Waals surface area contributed by atoms with E-state index in [0.717, 1.165) is 0 Å². The Balaban J connectivity index is -0.0000000480. The minimum absolute atomic E-state index is 0. The summed E-state index contributed by atoms with van der Waals surface area (Å²) in [5.41, 5.74) is 4.58. The van der Waals surface area contributed by atoms with E-state index in [9.17, 15) is 0 Å². The van der Waals surface area contributed by atoms with Crippen LogP contribution in [0.3, 0.4) is 0 Å². The summed E-state index contributed by atoms with van der Waals surface area (Å²) >= 11 is 0. The zero-order valence-electron chi connectivity index (χ0n) is 4.15. The Kier molecular flexibility index (Phi) is 35.9. The van der Waals surface area contributed by atoms with Crippen LogP contribution in [0.2, 0.25) is 0 Å². The van der Waals surface area contributed by atoms with E-state index < -0.39 is 0 Å². The van der Waals surface area contributed by atoms with Gasteiger partial charge in [0.25, 0.3) is 0 Å². The predicted octanol–water partition coefficient (Wildman–Crippen LogP) is -0.300. The Labute approximate surface area is 71.0 Å². The van der Waals surface area contributed by atoms with E-state index in [4.69, 9.17) is 5.41 Å². The summed E-state index contributed by atoms with van der Waals surface area (Å²) in [5, 5.41) is 6.17. The number of rotatable bonds is 0. The van der Waals surface area contributed by atoms with Gasteiger partial charge >= 0.3 is 0 Å². The molecule has 0 amide bonds. The summed E-state index contributed by atoms with van der Waals surface area (Å²) in [5.74, 6) is -0.0833. The number of amidine groups is 1. The largest absolute Gasteiger partial charge is 0.412 e. The van der Waals surface area contributed by atoms with Crippen molar-refractivity contribution >= 4 is 13.7 Å². The first-order chi connectivity index (χ1) is 2.73. The molecule has 0 aromatic heterocycles. The van der Waals surface area contributed by atoms with Gasteiger partial charge in [0.2, 0.25) is 0 Å². The standard InChI is InChI=1S/C2H5N2.CH2B.Y/c1-2(3)4;1-2;/h1H2,(H3,3,4);1H2;/q2*-1;. The fraction of sp³-hybridized carbons (Fsp3) is 0. The number of hydrogen-bond acceptors (Lipinski definition) is 1. The van der Waals surface area contributed by atoms with Crippen LogP contribution in [-0.4, -0.2) is 13.7 Å². The second-order valence-corrected chi connectivity index (χ2v) is 0.525. The topological polar surface area (TPSA) is 49.9 Å². The molecule has 4 heteroatoms. The van der Waals surface area contributed by atoms with Crippen molar-refractivity contribution in [3.8, 4) is 0 Å². The van der Waals surface area contributed by atoms with Gasteiger partial charge in [-0.15, -0.1) is 0 Å². The molecule has 3 radical (unpaired) electrons. The maximum absolute atomic E-state index is 6.17. The molecule has 0 unspecified atom stereocenters. The molecule has 0 atom stereocenters. The van der Waals surface area contributed by atoms with E-state index in [0.29, 0.717) is 0 Å². The van der Waals surface area contributed by atoms with Crippen LogP contribution in [0.5, 0.6) is 0 Å². The molecule has 0 fully saturated rings. The molecule has 0 aliphatic rings. The third-order valence-electron chi connectivity index (χ3n) is 0. The van der Waals surface area contributed by atoms with E-state index >= 15 is 0 Å². The zero-order chi connectivity index (χ0) is 5.58. The minimum Gasteiger partial charge on any atom is -0.412 e. The maximum atomic E-state index is 6.17. The van der Waals surface area contributed by atoms with Gasteiger partial charge in [0, 0.05) is 32.7 Å². The Morgan fingerprint density at radius 1 is 1.57 bits per heavy atom. The first-order valence-electron chi connectivity index (χ1n) is 1.30. The molecule has 0 rings (SSSR count). The summed E-state index contributed by atoms with van der Waals surface area (Å²) in [6.45, 7) is 5.75. The third-order valence-corrected chi connectivity index (χ3v) is 0. The molecule has 0 spiro atoms. The number of nitrogens with two attached hydrogens (primary N) is 1. The van der Waals surface area contributed by atoms with Gasteiger partial charge in [-0.2, -0.15) is 7.85 Å². The molecule has 0 aromatic carbocycles. The van der Waals surface area contributed by atoms with E-state index in [1.54, 1.807) is 0 Å². The quantitative estimate of drug-likeness (QED) is 0.223. The molecule has 0 heterocycles. The maximum Gasteiger partial charge on any atom is 0 e. The smallest absolute Gasteiger partial charge is 0 e. The molecule has 37 valence electrons. The van der Waals surface area contributed by atoms with Crippen LogP contribution in [0.1, 0.15) is 0 Å². The molecule has 0 aliphatic carbocycles. The minimum atomic E-state index is -0.0833. The van der Waals surface area contributed by atoms with Crippen molar-refractivity contribution in [2.45, 2.75) is 0 Å². The van der Waals surface area contributed by atoms with Gasteiger partial charge in [-0.1, -0.05) is 5.84 Å². The summed E-state index contributed by atoms with van der Waals surface area (Å²) in [7, 11) is 4.25. The van der Waals surface area contributed by atoms with Gasteiger partial charge in [-0.05, 0) is 0 Å². The summed E-state index contributed by atoms with van der Waals surface area (Å²) < 4.78 is 0. The van der Waals surface area contributed by atoms with Gasteiger partial charge < -0.3 is 24.9 Å². The molecule has 0 saturated heterocycles. The monoisotopic (exact) mass is 171 g/mol. The molecular weight excluding hydrogens is 164 g/mol. The molecular formula is C3H7BN2Y-2. The second-order valence-electron chi connectivity index (χ2n) is 0.525. The van der Waals surface area contributed by atoms with Crippen molar-refractivity contribution in [1.29, 1.82) is 5.41 Å². The Morgan fingerprint density at radius 3 is 1.57 bits per heavy atom. The molecule has 2 nitrogen and oxygen atoms in total. The van der Waals surface area contributed by atoms with Crippen LogP contribution in [0.15, 0.2) is 0 Å². The van der Waals surface area contributed by atoms with Gasteiger partial charge in [0.15, 0.2) is 0 Å². The van der Waals surface area contributed by atoms with Crippen molar-refractivity contribution in [2.24, 2.45) is 5.73 Å². The second kappa shape index (κ2) is 16.0. The fourth-order valence-electron chi connectivity index (χ4n) is 0. The first kappa shape index (κ1) is 15.6. The van der Waals surface area contributed by atoms with E-state index in [1.165, 1.54) is 0 Å². The average Bonchev–Trinajstić information content (AvgIpc) is 1.41. The van der Waals surface area contributed by atoms with Crippen molar-refractivity contribution < 1.29 is 32.7 Å². The fourth-order valence-corrected chi connectivity index (χ4v) is 0. The van der Waals surface area contributed by atoms with Crippen molar-refractivity contribution in [3.63, 3.8) is 0 Å². The van der Waals surface area contributed by atoms with E-state index in [2.05, 4.69) is 27.3 Å².